The minimum atomic E-state index is -0.346. The maximum absolute atomic E-state index is 10.5. The van der Waals surface area contributed by atoms with Gasteiger partial charge in [-0.1, -0.05) is 15.9 Å². The van der Waals surface area contributed by atoms with Crippen molar-refractivity contribution in [2.45, 2.75) is 18.6 Å². The van der Waals surface area contributed by atoms with Crippen LogP contribution in [0.2, 0.25) is 0 Å². The Morgan fingerprint density at radius 2 is 2.37 bits per heavy atom. The molecule has 3 nitrogen and oxygen atoms in total. The van der Waals surface area contributed by atoms with Gasteiger partial charge in [-0.05, 0) is 30.8 Å². The number of methoxy groups -OCH3 is 1. The second kappa shape index (κ2) is 6.97. The highest BCUT2D eigenvalue weighted by Gasteiger charge is 2.27. The van der Waals surface area contributed by atoms with Crippen LogP contribution >= 0.6 is 27.7 Å². The van der Waals surface area contributed by atoms with Gasteiger partial charge in [0.15, 0.2) is 0 Å². The molecule has 1 aromatic rings. The van der Waals surface area contributed by atoms with Crippen molar-refractivity contribution in [3.63, 3.8) is 0 Å². The number of hydrogen-bond acceptors (Lipinski definition) is 4. The first kappa shape index (κ1) is 15.2. The van der Waals surface area contributed by atoms with Gasteiger partial charge in [-0.15, -0.1) is 0 Å². The monoisotopic (exact) mass is 345 g/mol. The molecule has 5 heteroatoms. The Kier molecular flexibility index (Phi) is 5.57. The molecular weight excluding hydrogens is 326 g/mol. The van der Waals surface area contributed by atoms with E-state index in [0.29, 0.717) is 6.42 Å². The zero-order valence-corrected chi connectivity index (χ0v) is 13.7. The van der Waals surface area contributed by atoms with Crippen LogP contribution in [0.15, 0.2) is 22.7 Å². The van der Waals surface area contributed by atoms with E-state index in [4.69, 9.17) is 4.74 Å². The Morgan fingerprint density at radius 1 is 1.58 bits per heavy atom. The minimum absolute atomic E-state index is 0.233. The van der Waals surface area contributed by atoms with Gasteiger partial charge < -0.3 is 9.84 Å². The first-order valence-corrected chi connectivity index (χ1v) is 8.35. The third kappa shape index (κ3) is 3.88. The van der Waals surface area contributed by atoms with E-state index < -0.39 is 0 Å². The highest BCUT2D eigenvalue weighted by atomic mass is 79.9. The molecule has 1 aliphatic heterocycles. The first-order valence-electron chi connectivity index (χ1n) is 6.40. The lowest BCUT2D eigenvalue weighted by molar-refractivity contribution is 0.0762. The van der Waals surface area contributed by atoms with E-state index in [0.717, 1.165) is 33.8 Å². The maximum Gasteiger partial charge on any atom is 0.119 e. The number of nitrogens with zero attached hydrogens (tertiary/aromatic N) is 1. The van der Waals surface area contributed by atoms with Crippen molar-refractivity contribution in [2.75, 3.05) is 32.2 Å². The van der Waals surface area contributed by atoms with Crippen LogP contribution in [-0.4, -0.2) is 54.4 Å². The van der Waals surface area contributed by atoms with Gasteiger partial charge in [0.05, 0.1) is 13.2 Å². The molecule has 0 saturated carbocycles. The number of rotatable bonds is 4. The van der Waals surface area contributed by atoms with Crippen LogP contribution in [-0.2, 0) is 6.42 Å². The maximum atomic E-state index is 10.5. The number of benzene rings is 1. The lowest BCUT2D eigenvalue weighted by Gasteiger charge is -2.35. The van der Waals surface area contributed by atoms with Crippen molar-refractivity contribution in [3.8, 4) is 5.75 Å². The van der Waals surface area contributed by atoms with E-state index >= 15 is 0 Å². The summed E-state index contributed by atoms with van der Waals surface area (Å²) in [4.78, 5) is 2.26. The highest BCUT2D eigenvalue weighted by molar-refractivity contribution is 9.10. The third-order valence-corrected chi connectivity index (χ3v) is 5.39. The number of thioether (sulfide) groups is 1. The van der Waals surface area contributed by atoms with Crippen LogP contribution in [0.4, 0.5) is 0 Å². The van der Waals surface area contributed by atoms with Crippen molar-refractivity contribution in [2.24, 2.45) is 0 Å². The number of likely N-dealkylation sites (N-methyl/N-ethyl adjacent to an activating group) is 1. The molecule has 0 radical (unpaired) electrons. The summed E-state index contributed by atoms with van der Waals surface area (Å²) in [6, 6.07) is 6.11. The van der Waals surface area contributed by atoms with Gasteiger partial charge >= 0.3 is 0 Å². The van der Waals surface area contributed by atoms with Gasteiger partial charge in [-0.25, -0.2) is 0 Å². The molecule has 0 spiro atoms. The summed E-state index contributed by atoms with van der Waals surface area (Å²) >= 11 is 5.46. The van der Waals surface area contributed by atoms with Crippen LogP contribution < -0.4 is 4.74 Å². The van der Waals surface area contributed by atoms with Gasteiger partial charge in [-0.2, -0.15) is 11.8 Å². The van der Waals surface area contributed by atoms with Gasteiger partial charge in [0.2, 0.25) is 0 Å². The topological polar surface area (TPSA) is 32.7 Å². The van der Waals surface area contributed by atoms with E-state index in [2.05, 4.69) is 27.9 Å². The number of hydrogen-bond donors (Lipinski definition) is 1. The molecule has 19 heavy (non-hydrogen) atoms. The zero-order chi connectivity index (χ0) is 13.8. The standard InChI is InChI=1S/C14H20BrNO2S/c1-16-5-6-19-9-13(16)14(17)8-10-7-11(18-2)3-4-12(10)15/h3-4,7,13-14,17H,5-6,8-9H2,1-2H3. The quantitative estimate of drug-likeness (QED) is 0.908. The fourth-order valence-corrected chi connectivity index (χ4v) is 4.02. The molecule has 1 heterocycles. The average molecular weight is 346 g/mol. The molecule has 0 amide bonds. The minimum Gasteiger partial charge on any atom is -0.497 e. The Bertz CT molecular complexity index is 430. The van der Waals surface area contributed by atoms with E-state index in [1.807, 2.05) is 30.0 Å². The third-order valence-electron chi connectivity index (χ3n) is 3.57. The van der Waals surface area contributed by atoms with Crippen LogP contribution in [0.25, 0.3) is 0 Å². The van der Waals surface area contributed by atoms with Crippen LogP contribution in [0.1, 0.15) is 5.56 Å². The largest absolute Gasteiger partial charge is 0.497 e. The molecule has 1 aromatic carbocycles. The molecule has 106 valence electrons. The summed E-state index contributed by atoms with van der Waals surface area (Å²) in [5.74, 6) is 2.98. The summed E-state index contributed by atoms with van der Waals surface area (Å²) in [7, 11) is 3.75. The summed E-state index contributed by atoms with van der Waals surface area (Å²) in [5, 5.41) is 10.5. The van der Waals surface area contributed by atoms with Gasteiger partial charge in [-0.3, -0.25) is 4.90 Å². The zero-order valence-electron chi connectivity index (χ0n) is 11.3. The molecule has 0 aliphatic carbocycles. The molecule has 1 fully saturated rings. The molecule has 2 unspecified atom stereocenters. The summed E-state index contributed by atoms with van der Waals surface area (Å²) in [6.45, 7) is 1.05. The second-order valence-electron chi connectivity index (χ2n) is 4.85. The number of halogens is 1. The molecule has 0 bridgehead atoms. The Labute approximate surface area is 127 Å². The molecule has 2 atom stereocenters. The normalized spacial score (nSPS) is 22.2. The predicted molar refractivity (Wildman–Crippen MR) is 84.1 cm³/mol. The van der Waals surface area contributed by atoms with Crippen LogP contribution in [0.3, 0.4) is 0 Å². The predicted octanol–water partition coefficient (Wildman–Crippen LogP) is 2.41. The molecule has 2 rings (SSSR count). The lowest BCUT2D eigenvalue weighted by atomic mass is 10.0. The highest BCUT2D eigenvalue weighted by Crippen LogP contribution is 2.26. The van der Waals surface area contributed by atoms with Crippen molar-refractivity contribution < 1.29 is 9.84 Å². The summed E-state index contributed by atoms with van der Waals surface area (Å²) in [6.07, 6.45) is 0.300. The second-order valence-corrected chi connectivity index (χ2v) is 6.86. The number of aliphatic hydroxyl groups excluding tert-OH is 1. The fraction of sp³-hybridized carbons (Fsp3) is 0.571. The van der Waals surface area contributed by atoms with Crippen LogP contribution in [0.5, 0.6) is 5.75 Å². The molecular formula is C14H20BrNO2S. The van der Waals surface area contributed by atoms with Crippen molar-refractivity contribution >= 4 is 27.7 Å². The van der Waals surface area contributed by atoms with Crippen molar-refractivity contribution in [1.82, 2.24) is 4.90 Å². The number of ether oxygens (including phenoxy) is 1. The van der Waals surface area contributed by atoms with E-state index in [1.165, 1.54) is 0 Å². The molecule has 1 N–H and O–H groups in total. The van der Waals surface area contributed by atoms with E-state index in [-0.39, 0.29) is 12.1 Å². The van der Waals surface area contributed by atoms with Crippen molar-refractivity contribution in [3.05, 3.63) is 28.2 Å². The summed E-state index contributed by atoms with van der Waals surface area (Å²) < 4.78 is 6.27. The lowest BCUT2D eigenvalue weighted by Crippen LogP contribution is -2.47. The Balaban J connectivity index is 2.07. The van der Waals surface area contributed by atoms with Gasteiger partial charge in [0, 0.05) is 35.0 Å². The fourth-order valence-electron chi connectivity index (χ4n) is 2.31. The van der Waals surface area contributed by atoms with E-state index in [1.54, 1.807) is 7.11 Å². The van der Waals surface area contributed by atoms with Crippen LogP contribution in [0, 0.1) is 0 Å². The van der Waals surface area contributed by atoms with Crippen molar-refractivity contribution in [1.29, 1.82) is 0 Å². The SMILES string of the molecule is COc1ccc(Br)c(CC(O)C2CSCCN2C)c1. The average Bonchev–Trinajstić information content (AvgIpc) is 2.41. The smallest absolute Gasteiger partial charge is 0.119 e. The Morgan fingerprint density at radius 3 is 3.05 bits per heavy atom. The Hall–Kier alpha value is -0.230. The van der Waals surface area contributed by atoms with Gasteiger partial charge in [0.1, 0.15) is 5.75 Å². The number of aliphatic hydroxyl groups is 1. The molecule has 0 aromatic heterocycles. The first-order chi connectivity index (χ1) is 9.11. The molecule has 1 aliphatic rings. The summed E-state index contributed by atoms with van der Waals surface area (Å²) in [5.41, 5.74) is 1.09. The molecule has 1 saturated heterocycles. The van der Waals surface area contributed by atoms with Gasteiger partial charge in [0.25, 0.3) is 0 Å². The van der Waals surface area contributed by atoms with E-state index in [9.17, 15) is 5.11 Å².